The Morgan fingerprint density at radius 2 is 2.12 bits per heavy atom. The number of methoxy groups -OCH3 is 1. The molecule has 3 heteroatoms. The maximum atomic E-state index is 5.39. The largest absolute Gasteiger partial charge is 0.383 e. The van der Waals surface area contributed by atoms with Crippen LogP contribution in [-0.4, -0.2) is 50.3 Å². The van der Waals surface area contributed by atoms with Gasteiger partial charge in [-0.05, 0) is 38.3 Å². The van der Waals surface area contributed by atoms with Gasteiger partial charge < -0.3 is 10.1 Å². The number of hydrogen-bond acceptors (Lipinski definition) is 3. The Labute approximate surface area is 107 Å². The highest BCUT2D eigenvalue weighted by atomic mass is 16.5. The molecule has 0 aromatic heterocycles. The second-order valence-corrected chi connectivity index (χ2v) is 5.50. The third-order valence-electron chi connectivity index (χ3n) is 3.89. The lowest BCUT2D eigenvalue weighted by Gasteiger charge is -2.36. The molecule has 1 heterocycles. The molecule has 1 N–H and O–H groups in total. The SMILES string of the molecule is CCC1CCN(C(COC)C(C)C)CCCN1. The van der Waals surface area contributed by atoms with Gasteiger partial charge in [-0.3, -0.25) is 4.90 Å². The highest BCUT2D eigenvalue weighted by molar-refractivity contribution is 4.79. The first-order chi connectivity index (χ1) is 8.19. The zero-order chi connectivity index (χ0) is 12.7. The van der Waals surface area contributed by atoms with Crippen LogP contribution in [0.25, 0.3) is 0 Å². The molecule has 0 radical (unpaired) electrons. The quantitative estimate of drug-likeness (QED) is 0.799. The van der Waals surface area contributed by atoms with E-state index in [-0.39, 0.29) is 0 Å². The van der Waals surface area contributed by atoms with Crippen LogP contribution in [0.3, 0.4) is 0 Å². The van der Waals surface area contributed by atoms with Crippen LogP contribution >= 0.6 is 0 Å². The number of rotatable bonds is 5. The predicted molar refractivity (Wildman–Crippen MR) is 73.4 cm³/mol. The molecule has 3 nitrogen and oxygen atoms in total. The van der Waals surface area contributed by atoms with Crippen LogP contribution in [-0.2, 0) is 4.74 Å². The first-order valence-corrected chi connectivity index (χ1v) is 7.15. The van der Waals surface area contributed by atoms with E-state index in [9.17, 15) is 0 Å². The molecule has 0 amide bonds. The van der Waals surface area contributed by atoms with Crippen LogP contribution in [0.15, 0.2) is 0 Å². The highest BCUT2D eigenvalue weighted by Crippen LogP contribution is 2.15. The molecule has 0 aromatic rings. The second-order valence-electron chi connectivity index (χ2n) is 5.50. The molecular formula is C14H30N2O. The maximum Gasteiger partial charge on any atom is 0.0620 e. The van der Waals surface area contributed by atoms with Gasteiger partial charge in [-0.25, -0.2) is 0 Å². The molecule has 1 fully saturated rings. The van der Waals surface area contributed by atoms with E-state index >= 15 is 0 Å². The van der Waals surface area contributed by atoms with Gasteiger partial charge in [0.25, 0.3) is 0 Å². The first kappa shape index (κ1) is 14.9. The van der Waals surface area contributed by atoms with Crippen LogP contribution in [0.4, 0.5) is 0 Å². The number of nitrogens with zero attached hydrogens (tertiary/aromatic N) is 1. The van der Waals surface area contributed by atoms with Crippen molar-refractivity contribution in [3.8, 4) is 0 Å². The fourth-order valence-electron chi connectivity index (χ4n) is 2.69. The Balaban J connectivity index is 2.53. The summed E-state index contributed by atoms with van der Waals surface area (Å²) in [5, 5.41) is 3.63. The van der Waals surface area contributed by atoms with E-state index in [0.717, 1.165) is 13.2 Å². The van der Waals surface area contributed by atoms with Crippen molar-refractivity contribution in [2.24, 2.45) is 5.92 Å². The topological polar surface area (TPSA) is 24.5 Å². The van der Waals surface area contributed by atoms with E-state index in [2.05, 4.69) is 31.0 Å². The Kier molecular flexibility index (Phi) is 7.09. The molecule has 2 unspecified atom stereocenters. The Morgan fingerprint density at radius 3 is 2.71 bits per heavy atom. The van der Waals surface area contributed by atoms with E-state index in [4.69, 9.17) is 4.74 Å². The van der Waals surface area contributed by atoms with Crippen LogP contribution in [0.1, 0.15) is 40.0 Å². The van der Waals surface area contributed by atoms with Gasteiger partial charge in [-0.15, -0.1) is 0 Å². The summed E-state index contributed by atoms with van der Waals surface area (Å²) < 4.78 is 5.39. The van der Waals surface area contributed by atoms with Crippen molar-refractivity contribution in [2.75, 3.05) is 33.4 Å². The van der Waals surface area contributed by atoms with E-state index in [1.807, 2.05) is 7.11 Å². The zero-order valence-corrected chi connectivity index (χ0v) is 12.0. The Morgan fingerprint density at radius 1 is 1.35 bits per heavy atom. The fraction of sp³-hybridized carbons (Fsp3) is 1.00. The molecule has 102 valence electrons. The second kappa shape index (κ2) is 8.06. The number of hydrogen-bond donors (Lipinski definition) is 1. The van der Waals surface area contributed by atoms with Gasteiger partial charge in [-0.1, -0.05) is 20.8 Å². The summed E-state index contributed by atoms with van der Waals surface area (Å²) in [6.45, 7) is 11.3. The molecule has 1 aliphatic rings. The normalized spacial score (nSPS) is 25.6. The zero-order valence-electron chi connectivity index (χ0n) is 12.0. The Hall–Kier alpha value is -0.120. The number of ether oxygens (including phenoxy) is 1. The van der Waals surface area contributed by atoms with Gasteiger partial charge in [0.05, 0.1) is 6.61 Å². The first-order valence-electron chi connectivity index (χ1n) is 7.15. The Bertz CT molecular complexity index is 197. The summed E-state index contributed by atoms with van der Waals surface area (Å²) in [7, 11) is 1.82. The highest BCUT2D eigenvalue weighted by Gasteiger charge is 2.23. The lowest BCUT2D eigenvalue weighted by molar-refractivity contribution is 0.0570. The van der Waals surface area contributed by atoms with Crippen LogP contribution in [0, 0.1) is 5.92 Å². The average molecular weight is 242 g/mol. The maximum absolute atomic E-state index is 5.39. The molecule has 0 bridgehead atoms. The molecule has 0 aromatic carbocycles. The van der Waals surface area contributed by atoms with Gasteiger partial charge in [0, 0.05) is 25.7 Å². The van der Waals surface area contributed by atoms with Gasteiger partial charge in [0.2, 0.25) is 0 Å². The standard InChI is InChI=1S/C14H30N2O/c1-5-13-7-10-16(9-6-8-15-13)14(11-17-4)12(2)3/h12-15H,5-11H2,1-4H3. The van der Waals surface area contributed by atoms with Gasteiger partial charge in [0.1, 0.15) is 0 Å². The van der Waals surface area contributed by atoms with Crippen molar-refractivity contribution in [2.45, 2.75) is 52.1 Å². The third-order valence-corrected chi connectivity index (χ3v) is 3.89. The summed E-state index contributed by atoms with van der Waals surface area (Å²) in [4.78, 5) is 2.64. The minimum Gasteiger partial charge on any atom is -0.383 e. The molecule has 2 atom stereocenters. The molecule has 17 heavy (non-hydrogen) atoms. The molecule has 0 aliphatic carbocycles. The van der Waals surface area contributed by atoms with Crippen molar-refractivity contribution in [3.05, 3.63) is 0 Å². The van der Waals surface area contributed by atoms with Crippen molar-refractivity contribution in [3.63, 3.8) is 0 Å². The molecular weight excluding hydrogens is 212 g/mol. The minimum atomic E-state index is 0.579. The molecule has 0 saturated carbocycles. The predicted octanol–water partition coefficient (Wildman–Crippen LogP) is 2.12. The summed E-state index contributed by atoms with van der Waals surface area (Å²) in [6.07, 6.45) is 3.76. The van der Waals surface area contributed by atoms with Gasteiger partial charge in [-0.2, -0.15) is 0 Å². The van der Waals surface area contributed by atoms with Gasteiger partial charge in [0.15, 0.2) is 0 Å². The fourth-order valence-corrected chi connectivity index (χ4v) is 2.69. The van der Waals surface area contributed by atoms with E-state index < -0.39 is 0 Å². The van der Waals surface area contributed by atoms with Crippen LogP contribution in [0.5, 0.6) is 0 Å². The number of nitrogens with one attached hydrogen (secondary N) is 1. The third kappa shape index (κ3) is 4.94. The van der Waals surface area contributed by atoms with E-state index in [1.54, 1.807) is 0 Å². The molecule has 1 rings (SSSR count). The average Bonchev–Trinajstić information content (AvgIpc) is 2.27. The van der Waals surface area contributed by atoms with E-state index in [1.165, 1.54) is 32.4 Å². The lowest BCUT2D eigenvalue weighted by Crippen LogP contribution is -2.47. The van der Waals surface area contributed by atoms with Crippen LogP contribution in [0.2, 0.25) is 0 Å². The monoisotopic (exact) mass is 242 g/mol. The van der Waals surface area contributed by atoms with Crippen LogP contribution < -0.4 is 5.32 Å². The summed E-state index contributed by atoms with van der Waals surface area (Å²) >= 11 is 0. The molecule has 1 aliphatic heterocycles. The van der Waals surface area contributed by atoms with Crippen molar-refractivity contribution in [1.82, 2.24) is 10.2 Å². The van der Waals surface area contributed by atoms with Crippen molar-refractivity contribution >= 4 is 0 Å². The summed E-state index contributed by atoms with van der Waals surface area (Å²) in [5.41, 5.74) is 0. The smallest absolute Gasteiger partial charge is 0.0620 e. The lowest BCUT2D eigenvalue weighted by atomic mass is 10.0. The summed E-state index contributed by atoms with van der Waals surface area (Å²) in [6, 6.07) is 1.28. The summed E-state index contributed by atoms with van der Waals surface area (Å²) in [5.74, 6) is 0.669. The minimum absolute atomic E-state index is 0.579. The van der Waals surface area contributed by atoms with E-state index in [0.29, 0.717) is 18.0 Å². The molecule has 1 saturated heterocycles. The van der Waals surface area contributed by atoms with Crippen molar-refractivity contribution in [1.29, 1.82) is 0 Å². The van der Waals surface area contributed by atoms with Gasteiger partial charge >= 0.3 is 0 Å². The molecule has 0 spiro atoms. The van der Waals surface area contributed by atoms with Crippen molar-refractivity contribution < 1.29 is 4.74 Å².